The van der Waals surface area contributed by atoms with Gasteiger partial charge < -0.3 is 0 Å². The molecule has 0 radical (unpaired) electrons. The summed E-state index contributed by atoms with van der Waals surface area (Å²) in [7, 11) is 0. The van der Waals surface area contributed by atoms with E-state index in [0.717, 1.165) is 12.8 Å². The van der Waals surface area contributed by atoms with Gasteiger partial charge in [-0.25, -0.2) is 0 Å². The Labute approximate surface area is 95.8 Å². The number of carbonyl (C=O) groups excluding carboxylic acids is 1. The summed E-state index contributed by atoms with van der Waals surface area (Å²) in [6, 6.07) is 2.15. The van der Waals surface area contributed by atoms with Gasteiger partial charge in [-0.15, -0.1) is 17.9 Å². The van der Waals surface area contributed by atoms with Crippen LogP contribution in [0.2, 0.25) is 0 Å². The van der Waals surface area contributed by atoms with Crippen LogP contribution in [0, 0.1) is 6.92 Å². The van der Waals surface area contributed by atoms with E-state index in [1.807, 2.05) is 13.0 Å². The zero-order valence-corrected chi connectivity index (χ0v) is 10.3. The molecule has 0 saturated heterocycles. The van der Waals surface area contributed by atoms with Gasteiger partial charge in [0.05, 0.1) is 0 Å². The summed E-state index contributed by atoms with van der Waals surface area (Å²) >= 11 is 1.74. The van der Waals surface area contributed by atoms with Gasteiger partial charge in [0.1, 0.15) is 5.78 Å². The third kappa shape index (κ3) is 3.63. The average molecular weight is 222 g/mol. The van der Waals surface area contributed by atoms with Crippen molar-refractivity contribution in [3.05, 3.63) is 34.0 Å². The van der Waals surface area contributed by atoms with Crippen LogP contribution in [-0.2, 0) is 17.6 Å². The number of thiophene rings is 1. The lowest BCUT2D eigenvalue weighted by Gasteiger charge is -1.94. The molecule has 0 aliphatic rings. The number of aryl methyl sites for hydroxylation is 1. The van der Waals surface area contributed by atoms with Gasteiger partial charge in [0, 0.05) is 22.6 Å². The first kappa shape index (κ1) is 12.2. The fourth-order valence-electron chi connectivity index (χ4n) is 1.59. The van der Waals surface area contributed by atoms with E-state index in [0.29, 0.717) is 18.6 Å². The molecule has 0 N–H and O–H groups in total. The van der Waals surface area contributed by atoms with Crippen molar-refractivity contribution in [1.29, 1.82) is 0 Å². The second-order valence-corrected chi connectivity index (χ2v) is 5.09. The molecule has 15 heavy (non-hydrogen) atoms. The van der Waals surface area contributed by atoms with Crippen LogP contribution in [0.5, 0.6) is 0 Å². The number of rotatable bonds is 6. The van der Waals surface area contributed by atoms with E-state index < -0.39 is 0 Å². The molecule has 1 heterocycles. The van der Waals surface area contributed by atoms with Gasteiger partial charge in [0.2, 0.25) is 0 Å². The normalized spacial score (nSPS) is 10.3. The Kier molecular flexibility index (Phi) is 4.76. The number of Topliss-reactive ketones (excluding diaryl/α,β-unsaturated/α-hetero) is 1. The Hall–Kier alpha value is -0.890. The van der Waals surface area contributed by atoms with Crippen LogP contribution in [0.1, 0.15) is 35.1 Å². The van der Waals surface area contributed by atoms with E-state index >= 15 is 0 Å². The smallest absolute Gasteiger partial charge is 0.138 e. The van der Waals surface area contributed by atoms with E-state index in [2.05, 4.69) is 19.6 Å². The van der Waals surface area contributed by atoms with Crippen LogP contribution in [-0.4, -0.2) is 5.78 Å². The van der Waals surface area contributed by atoms with Crippen LogP contribution >= 0.6 is 11.3 Å². The SMILES string of the molecule is C=CCc1cc(CC(=O)CCC)sc1C. The van der Waals surface area contributed by atoms with Gasteiger partial charge >= 0.3 is 0 Å². The summed E-state index contributed by atoms with van der Waals surface area (Å²) in [5.41, 5.74) is 1.31. The minimum absolute atomic E-state index is 0.351. The lowest BCUT2D eigenvalue weighted by molar-refractivity contribution is -0.118. The maximum atomic E-state index is 11.5. The standard InChI is InChI=1S/C13H18OS/c1-4-6-11-8-13(15-10(11)3)9-12(14)7-5-2/h4,8H,1,5-7,9H2,2-3H3. The number of carbonyl (C=O) groups is 1. The maximum absolute atomic E-state index is 11.5. The molecule has 0 aromatic carbocycles. The third-order valence-electron chi connectivity index (χ3n) is 2.34. The van der Waals surface area contributed by atoms with Crippen molar-refractivity contribution in [1.82, 2.24) is 0 Å². The van der Waals surface area contributed by atoms with Gasteiger partial charge in [-0.2, -0.15) is 0 Å². The predicted molar refractivity (Wildman–Crippen MR) is 66.6 cm³/mol. The predicted octanol–water partition coefficient (Wildman–Crippen LogP) is 3.70. The van der Waals surface area contributed by atoms with Crippen LogP contribution in [0.15, 0.2) is 18.7 Å². The van der Waals surface area contributed by atoms with Crippen molar-refractivity contribution >= 4 is 17.1 Å². The number of allylic oxidation sites excluding steroid dienone is 1. The molecular weight excluding hydrogens is 204 g/mol. The highest BCUT2D eigenvalue weighted by atomic mass is 32.1. The fourth-order valence-corrected chi connectivity index (χ4v) is 2.70. The molecule has 1 nitrogen and oxygen atoms in total. The van der Waals surface area contributed by atoms with Crippen molar-refractivity contribution in [2.75, 3.05) is 0 Å². The van der Waals surface area contributed by atoms with Crippen LogP contribution in [0.25, 0.3) is 0 Å². The quantitative estimate of drug-likeness (QED) is 0.671. The molecule has 0 aliphatic carbocycles. The van der Waals surface area contributed by atoms with Crippen LogP contribution in [0.3, 0.4) is 0 Å². The highest BCUT2D eigenvalue weighted by molar-refractivity contribution is 7.12. The minimum atomic E-state index is 0.351. The maximum Gasteiger partial charge on any atom is 0.138 e. The molecule has 0 saturated carbocycles. The molecule has 1 rings (SSSR count). The van der Waals surface area contributed by atoms with Crippen molar-refractivity contribution in [3.63, 3.8) is 0 Å². The van der Waals surface area contributed by atoms with Crippen molar-refractivity contribution in [3.8, 4) is 0 Å². The van der Waals surface area contributed by atoms with Crippen LogP contribution in [0.4, 0.5) is 0 Å². The highest BCUT2D eigenvalue weighted by Gasteiger charge is 2.08. The molecule has 0 bridgehead atoms. The van der Waals surface area contributed by atoms with E-state index in [1.165, 1.54) is 15.3 Å². The molecular formula is C13H18OS. The third-order valence-corrected chi connectivity index (χ3v) is 3.43. The van der Waals surface area contributed by atoms with Gasteiger partial charge in [-0.05, 0) is 31.4 Å². The average Bonchev–Trinajstić information content (AvgIpc) is 2.48. The first-order valence-corrected chi connectivity index (χ1v) is 6.19. The Morgan fingerprint density at radius 2 is 2.33 bits per heavy atom. The van der Waals surface area contributed by atoms with Crippen LogP contribution < -0.4 is 0 Å². The highest BCUT2D eigenvalue weighted by Crippen LogP contribution is 2.23. The number of hydrogen-bond donors (Lipinski definition) is 0. The zero-order valence-electron chi connectivity index (χ0n) is 9.51. The van der Waals surface area contributed by atoms with Crippen molar-refractivity contribution in [2.45, 2.75) is 39.5 Å². The first-order valence-electron chi connectivity index (χ1n) is 5.38. The minimum Gasteiger partial charge on any atom is -0.299 e. The lowest BCUT2D eigenvalue weighted by Crippen LogP contribution is -1.99. The Morgan fingerprint density at radius 3 is 2.93 bits per heavy atom. The molecule has 0 unspecified atom stereocenters. The monoisotopic (exact) mass is 222 g/mol. The summed E-state index contributed by atoms with van der Waals surface area (Å²) < 4.78 is 0. The molecule has 0 fully saturated rings. The van der Waals surface area contributed by atoms with Gasteiger partial charge in [-0.1, -0.05) is 13.0 Å². The fraction of sp³-hybridized carbons (Fsp3) is 0.462. The second-order valence-electron chi connectivity index (χ2n) is 3.75. The summed E-state index contributed by atoms with van der Waals surface area (Å²) in [5, 5.41) is 0. The van der Waals surface area contributed by atoms with E-state index in [-0.39, 0.29) is 0 Å². The lowest BCUT2D eigenvalue weighted by atomic mass is 10.1. The van der Waals surface area contributed by atoms with E-state index in [4.69, 9.17) is 0 Å². The Morgan fingerprint density at radius 1 is 1.60 bits per heavy atom. The van der Waals surface area contributed by atoms with E-state index in [9.17, 15) is 4.79 Å². The topological polar surface area (TPSA) is 17.1 Å². The molecule has 0 atom stereocenters. The largest absolute Gasteiger partial charge is 0.299 e. The van der Waals surface area contributed by atoms with Gasteiger partial charge in [0.25, 0.3) is 0 Å². The molecule has 0 spiro atoms. The summed E-state index contributed by atoms with van der Waals surface area (Å²) in [6.07, 6.45) is 5.07. The number of ketones is 1. The summed E-state index contributed by atoms with van der Waals surface area (Å²) in [4.78, 5) is 14.0. The summed E-state index contributed by atoms with van der Waals surface area (Å²) in [6.45, 7) is 7.89. The van der Waals surface area contributed by atoms with Crippen molar-refractivity contribution < 1.29 is 4.79 Å². The molecule has 2 heteroatoms. The Balaban J connectivity index is 2.66. The molecule has 1 aromatic heterocycles. The Bertz CT molecular complexity index is 349. The first-order chi connectivity index (χ1) is 7.17. The van der Waals surface area contributed by atoms with Crippen molar-refractivity contribution in [2.24, 2.45) is 0 Å². The molecule has 82 valence electrons. The molecule has 0 aliphatic heterocycles. The molecule has 1 aromatic rings. The molecule has 0 amide bonds. The number of hydrogen-bond acceptors (Lipinski definition) is 2. The zero-order chi connectivity index (χ0) is 11.3. The van der Waals surface area contributed by atoms with Gasteiger partial charge in [0.15, 0.2) is 0 Å². The van der Waals surface area contributed by atoms with Gasteiger partial charge in [-0.3, -0.25) is 4.79 Å². The van der Waals surface area contributed by atoms with E-state index in [1.54, 1.807) is 11.3 Å². The second kappa shape index (κ2) is 5.86. The summed E-state index contributed by atoms with van der Waals surface area (Å²) in [5.74, 6) is 0.351.